The van der Waals surface area contributed by atoms with Crippen molar-refractivity contribution in [1.82, 2.24) is 19.8 Å². The highest BCUT2D eigenvalue weighted by molar-refractivity contribution is 5.78. The first-order chi connectivity index (χ1) is 16.3. The Morgan fingerprint density at radius 2 is 1.82 bits per heavy atom. The number of benzene rings is 2. The van der Waals surface area contributed by atoms with Gasteiger partial charge in [0.1, 0.15) is 5.82 Å². The summed E-state index contributed by atoms with van der Waals surface area (Å²) < 4.78 is 1.68. The standard InChI is InChI=1S/C28H36N4O2/c1-19(2)18-31(28(34)29-22-12-6-5-7-13-22)21(4)26-30-25-16-9-8-15-24(25)27(33)32(26)23-14-10-11-20(3)17-23/h8-11,14-17,19,21-22H,5-7,12-13,18H2,1-4H3,(H,29,34). The smallest absolute Gasteiger partial charge is 0.318 e. The fraction of sp³-hybridized carbons (Fsp3) is 0.464. The molecule has 1 fully saturated rings. The fourth-order valence-corrected chi connectivity index (χ4v) is 4.90. The van der Waals surface area contributed by atoms with Crippen LogP contribution in [0.2, 0.25) is 0 Å². The van der Waals surface area contributed by atoms with Gasteiger partial charge in [-0.25, -0.2) is 9.78 Å². The molecule has 1 aliphatic carbocycles. The van der Waals surface area contributed by atoms with Gasteiger partial charge in [0.15, 0.2) is 0 Å². The molecule has 1 unspecified atom stereocenters. The second kappa shape index (κ2) is 10.4. The fourth-order valence-electron chi connectivity index (χ4n) is 4.90. The van der Waals surface area contributed by atoms with Gasteiger partial charge in [0, 0.05) is 12.6 Å². The highest BCUT2D eigenvalue weighted by Crippen LogP contribution is 2.25. The average molecular weight is 461 g/mol. The van der Waals surface area contributed by atoms with Gasteiger partial charge in [0.05, 0.1) is 22.6 Å². The van der Waals surface area contributed by atoms with Crippen LogP contribution in [0, 0.1) is 12.8 Å². The SMILES string of the molecule is Cc1cccc(-n2c(C(C)N(CC(C)C)C(=O)NC3CCCCC3)nc3ccccc3c2=O)c1. The van der Waals surface area contributed by atoms with Crippen molar-refractivity contribution in [1.29, 1.82) is 0 Å². The Kier molecular flexibility index (Phi) is 7.35. The van der Waals surface area contributed by atoms with E-state index in [9.17, 15) is 9.59 Å². The summed E-state index contributed by atoms with van der Waals surface area (Å²) in [4.78, 5) is 34.0. The van der Waals surface area contributed by atoms with E-state index in [1.54, 1.807) is 4.57 Å². The molecule has 0 saturated heterocycles. The zero-order valence-corrected chi connectivity index (χ0v) is 20.8. The van der Waals surface area contributed by atoms with E-state index in [1.807, 2.05) is 67.3 Å². The lowest BCUT2D eigenvalue weighted by atomic mass is 9.96. The number of amides is 2. The minimum Gasteiger partial charge on any atom is -0.335 e. The maximum Gasteiger partial charge on any atom is 0.318 e. The highest BCUT2D eigenvalue weighted by atomic mass is 16.2. The molecule has 6 heteroatoms. The summed E-state index contributed by atoms with van der Waals surface area (Å²) in [5.41, 5.74) is 2.36. The molecule has 0 spiro atoms. The number of aromatic nitrogens is 2. The number of aryl methyl sites for hydroxylation is 1. The number of para-hydroxylation sites is 1. The lowest BCUT2D eigenvalue weighted by molar-refractivity contribution is 0.160. The number of nitrogens with one attached hydrogen (secondary N) is 1. The molecular formula is C28H36N4O2. The molecule has 0 bridgehead atoms. The maximum absolute atomic E-state index is 13.7. The van der Waals surface area contributed by atoms with Crippen LogP contribution in [0.5, 0.6) is 0 Å². The second-order valence-corrected chi connectivity index (χ2v) is 9.97. The van der Waals surface area contributed by atoms with E-state index in [0.29, 0.717) is 23.3 Å². The zero-order valence-electron chi connectivity index (χ0n) is 20.8. The van der Waals surface area contributed by atoms with Crippen molar-refractivity contribution in [2.75, 3.05) is 6.54 Å². The molecule has 0 radical (unpaired) electrons. The Hall–Kier alpha value is -3.15. The van der Waals surface area contributed by atoms with Crippen molar-refractivity contribution in [3.63, 3.8) is 0 Å². The van der Waals surface area contributed by atoms with Crippen molar-refractivity contribution >= 4 is 16.9 Å². The number of nitrogens with zero attached hydrogens (tertiary/aromatic N) is 3. The first kappa shape index (κ1) is 24.0. The van der Waals surface area contributed by atoms with Gasteiger partial charge in [-0.3, -0.25) is 9.36 Å². The summed E-state index contributed by atoms with van der Waals surface area (Å²) in [6.07, 6.45) is 5.60. The molecule has 34 heavy (non-hydrogen) atoms. The summed E-state index contributed by atoms with van der Waals surface area (Å²) in [7, 11) is 0. The molecular weight excluding hydrogens is 424 g/mol. The van der Waals surface area contributed by atoms with Gasteiger partial charge >= 0.3 is 6.03 Å². The summed E-state index contributed by atoms with van der Waals surface area (Å²) in [6, 6.07) is 15.0. The quantitative estimate of drug-likeness (QED) is 0.509. The lowest BCUT2D eigenvalue weighted by Gasteiger charge is -2.34. The number of urea groups is 1. The molecule has 1 heterocycles. The Morgan fingerprint density at radius 3 is 2.53 bits per heavy atom. The van der Waals surface area contributed by atoms with Gasteiger partial charge in [-0.05, 0) is 62.4 Å². The molecule has 2 amide bonds. The largest absolute Gasteiger partial charge is 0.335 e. The molecule has 1 saturated carbocycles. The third-order valence-corrected chi connectivity index (χ3v) is 6.66. The maximum atomic E-state index is 13.7. The summed E-state index contributed by atoms with van der Waals surface area (Å²) in [5.74, 6) is 0.855. The summed E-state index contributed by atoms with van der Waals surface area (Å²) in [6.45, 7) is 8.78. The van der Waals surface area contributed by atoms with Gasteiger partial charge in [0.25, 0.3) is 5.56 Å². The van der Waals surface area contributed by atoms with Crippen LogP contribution in [-0.4, -0.2) is 33.1 Å². The second-order valence-electron chi connectivity index (χ2n) is 9.97. The Morgan fingerprint density at radius 1 is 1.09 bits per heavy atom. The normalized spacial score (nSPS) is 15.4. The van der Waals surface area contributed by atoms with E-state index in [4.69, 9.17) is 4.98 Å². The van der Waals surface area contributed by atoms with Gasteiger partial charge in [-0.1, -0.05) is 57.4 Å². The topological polar surface area (TPSA) is 67.2 Å². The third-order valence-electron chi connectivity index (χ3n) is 6.66. The number of hydrogen-bond acceptors (Lipinski definition) is 3. The molecule has 0 aliphatic heterocycles. The van der Waals surface area contributed by atoms with Crippen LogP contribution < -0.4 is 10.9 Å². The molecule has 1 atom stereocenters. The molecule has 4 rings (SSSR count). The van der Waals surface area contributed by atoms with Gasteiger partial charge in [0.2, 0.25) is 0 Å². The lowest BCUT2D eigenvalue weighted by Crippen LogP contribution is -2.48. The zero-order chi connectivity index (χ0) is 24.2. The van der Waals surface area contributed by atoms with Crippen molar-refractivity contribution in [3.05, 3.63) is 70.3 Å². The van der Waals surface area contributed by atoms with Crippen LogP contribution in [0.25, 0.3) is 16.6 Å². The number of hydrogen-bond donors (Lipinski definition) is 1. The monoisotopic (exact) mass is 460 g/mol. The molecule has 2 aromatic carbocycles. The molecule has 1 N–H and O–H groups in total. The van der Waals surface area contributed by atoms with Crippen LogP contribution in [0.3, 0.4) is 0 Å². The van der Waals surface area contributed by atoms with Crippen LogP contribution >= 0.6 is 0 Å². The van der Waals surface area contributed by atoms with E-state index in [0.717, 1.165) is 36.9 Å². The molecule has 6 nitrogen and oxygen atoms in total. The Balaban J connectivity index is 1.81. The number of rotatable bonds is 6. The van der Waals surface area contributed by atoms with Gasteiger partial charge < -0.3 is 10.2 Å². The van der Waals surface area contributed by atoms with Crippen molar-refractivity contribution in [2.24, 2.45) is 5.92 Å². The molecule has 1 aliphatic rings. The minimum absolute atomic E-state index is 0.0775. The predicted octanol–water partition coefficient (Wildman–Crippen LogP) is 5.76. The Labute approximate surface area is 202 Å². The van der Waals surface area contributed by atoms with Gasteiger partial charge in [-0.2, -0.15) is 0 Å². The highest BCUT2D eigenvalue weighted by Gasteiger charge is 2.29. The predicted molar refractivity (Wildman–Crippen MR) is 137 cm³/mol. The molecule has 3 aromatic rings. The summed E-state index contributed by atoms with van der Waals surface area (Å²) in [5, 5.41) is 3.84. The Bertz CT molecular complexity index is 1210. The van der Waals surface area contributed by atoms with Gasteiger partial charge in [-0.15, -0.1) is 0 Å². The van der Waals surface area contributed by atoms with Crippen molar-refractivity contribution in [3.8, 4) is 5.69 Å². The van der Waals surface area contributed by atoms with E-state index in [2.05, 4.69) is 19.2 Å². The van der Waals surface area contributed by atoms with Crippen molar-refractivity contribution in [2.45, 2.75) is 71.9 Å². The van der Waals surface area contributed by atoms with Crippen molar-refractivity contribution < 1.29 is 4.79 Å². The average Bonchev–Trinajstić information content (AvgIpc) is 2.82. The van der Waals surface area contributed by atoms with E-state index >= 15 is 0 Å². The van der Waals surface area contributed by atoms with E-state index < -0.39 is 0 Å². The van der Waals surface area contributed by atoms with Crippen LogP contribution in [-0.2, 0) is 0 Å². The number of carbonyl (C=O) groups excluding carboxylic acids is 1. The first-order valence-corrected chi connectivity index (χ1v) is 12.5. The van der Waals surface area contributed by atoms with Crippen LogP contribution in [0.4, 0.5) is 4.79 Å². The molecule has 180 valence electrons. The number of carbonyl (C=O) groups is 1. The van der Waals surface area contributed by atoms with E-state index in [-0.39, 0.29) is 29.6 Å². The third kappa shape index (κ3) is 5.16. The van der Waals surface area contributed by atoms with Crippen LogP contribution in [0.15, 0.2) is 53.3 Å². The molecule has 1 aromatic heterocycles. The first-order valence-electron chi connectivity index (χ1n) is 12.5. The van der Waals surface area contributed by atoms with Crippen LogP contribution in [0.1, 0.15) is 70.3 Å². The number of fused-ring (bicyclic) bond motifs is 1. The summed E-state index contributed by atoms with van der Waals surface area (Å²) >= 11 is 0. The minimum atomic E-state index is -0.385. The van der Waals surface area contributed by atoms with E-state index in [1.165, 1.54) is 6.42 Å².